The van der Waals surface area contributed by atoms with Gasteiger partial charge in [-0.1, -0.05) is 37.3 Å². The molecule has 0 bridgehead atoms. The minimum Gasteiger partial charge on any atom is -0.506 e. The van der Waals surface area contributed by atoms with Gasteiger partial charge in [0.1, 0.15) is 16.4 Å². The summed E-state index contributed by atoms with van der Waals surface area (Å²) in [6, 6.07) is 1.44. The third-order valence-corrected chi connectivity index (χ3v) is 6.14. The molecule has 0 aliphatic heterocycles. The number of ketones is 1. The third-order valence-electron chi connectivity index (χ3n) is 5.06. The number of hydrogen-bond acceptors (Lipinski definition) is 6. The molecular formula is C19H27ClN2O6S. The molecule has 1 atom stereocenters. The highest BCUT2D eigenvalue weighted by Crippen LogP contribution is 2.31. The Kier molecular flexibility index (Phi) is 8.45. The lowest BCUT2D eigenvalue weighted by molar-refractivity contribution is -0.123. The largest absolute Gasteiger partial charge is 0.506 e. The van der Waals surface area contributed by atoms with Crippen LogP contribution in [0.4, 0.5) is 0 Å². The minimum absolute atomic E-state index is 0.0214. The van der Waals surface area contributed by atoms with Crippen molar-refractivity contribution in [3.05, 3.63) is 22.7 Å². The number of rotatable bonds is 8. The molecule has 0 saturated heterocycles. The lowest BCUT2D eigenvalue weighted by Gasteiger charge is -2.19. The molecule has 0 aromatic heterocycles. The third kappa shape index (κ3) is 7.26. The Morgan fingerprint density at radius 1 is 1.21 bits per heavy atom. The molecule has 29 heavy (non-hydrogen) atoms. The van der Waals surface area contributed by atoms with Crippen molar-refractivity contribution < 1.29 is 27.7 Å². The number of phenolic OH excluding ortho intramolecular Hbond substituents is 1. The van der Waals surface area contributed by atoms with Gasteiger partial charge in [0.25, 0.3) is 10.1 Å². The van der Waals surface area contributed by atoms with Gasteiger partial charge in [-0.15, -0.1) is 0 Å². The summed E-state index contributed by atoms with van der Waals surface area (Å²) in [5.74, 6) is -1.36. The normalized spacial score (nSPS) is 16.8. The average molecular weight is 447 g/mol. The summed E-state index contributed by atoms with van der Waals surface area (Å²) < 4.78 is 31.8. The van der Waals surface area contributed by atoms with Crippen LogP contribution in [-0.2, 0) is 26.1 Å². The van der Waals surface area contributed by atoms with Gasteiger partial charge in [0.15, 0.2) is 0 Å². The van der Waals surface area contributed by atoms with Gasteiger partial charge in [-0.25, -0.2) is 0 Å². The first-order chi connectivity index (χ1) is 13.6. The second-order valence-electron chi connectivity index (χ2n) is 7.44. The highest BCUT2D eigenvalue weighted by atomic mass is 35.5. The molecule has 1 aliphatic rings. The van der Waals surface area contributed by atoms with Crippen molar-refractivity contribution in [1.82, 2.24) is 5.32 Å². The van der Waals surface area contributed by atoms with Crippen LogP contribution in [0.5, 0.6) is 5.75 Å². The molecule has 1 aromatic rings. The van der Waals surface area contributed by atoms with Crippen LogP contribution in [0, 0.1) is 0 Å². The van der Waals surface area contributed by atoms with Crippen LogP contribution in [0.25, 0.3) is 0 Å². The van der Waals surface area contributed by atoms with Crippen LogP contribution in [0.15, 0.2) is 17.0 Å². The van der Waals surface area contributed by atoms with Gasteiger partial charge >= 0.3 is 0 Å². The summed E-state index contributed by atoms with van der Waals surface area (Å²) in [5.41, 5.74) is 5.88. The molecule has 8 nitrogen and oxygen atoms in total. The first kappa shape index (κ1) is 23.6. The number of benzene rings is 1. The molecule has 2 rings (SSSR count). The molecule has 1 aliphatic carbocycles. The minimum atomic E-state index is -4.69. The fourth-order valence-electron chi connectivity index (χ4n) is 3.44. The molecule has 1 fully saturated rings. The van der Waals surface area contributed by atoms with Gasteiger partial charge in [-0.2, -0.15) is 8.42 Å². The fraction of sp³-hybridized carbons (Fsp3) is 0.579. The Bertz CT molecular complexity index is 851. The Morgan fingerprint density at radius 2 is 1.83 bits per heavy atom. The second kappa shape index (κ2) is 10.4. The lowest BCUT2D eigenvalue weighted by atomic mass is 10.0. The van der Waals surface area contributed by atoms with Crippen molar-refractivity contribution in [3.63, 3.8) is 0 Å². The quantitative estimate of drug-likeness (QED) is 0.354. The van der Waals surface area contributed by atoms with Crippen LogP contribution in [0.3, 0.4) is 0 Å². The van der Waals surface area contributed by atoms with E-state index in [2.05, 4.69) is 5.32 Å². The topological polar surface area (TPSA) is 147 Å². The van der Waals surface area contributed by atoms with E-state index >= 15 is 0 Å². The molecule has 1 amide bonds. The number of carbonyl (C=O) groups excluding carboxylic acids is 2. The summed E-state index contributed by atoms with van der Waals surface area (Å²) in [6.45, 7) is 0. The number of halogens is 1. The van der Waals surface area contributed by atoms with Crippen LogP contribution in [-0.4, -0.2) is 41.9 Å². The first-order valence-electron chi connectivity index (χ1n) is 9.64. The Labute approximate surface area is 175 Å². The predicted octanol–water partition coefficient (Wildman–Crippen LogP) is 2.35. The van der Waals surface area contributed by atoms with E-state index in [1.165, 1.54) is 18.9 Å². The zero-order valence-electron chi connectivity index (χ0n) is 16.1. The van der Waals surface area contributed by atoms with E-state index in [1.54, 1.807) is 0 Å². The number of nitrogens with two attached hydrogens (primary N) is 1. The number of hydrogen-bond donors (Lipinski definition) is 4. The van der Waals surface area contributed by atoms with Crippen molar-refractivity contribution in [3.8, 4) is 5.75 Å². The van der Waals surface area contributed by atoms with E-state index in [0.29, 0.717) is 0 Å². The molecule has 0 heterocycles. The van der Waals surface area contributed by atoms with Gasteiger partial charge in [0.05, 0.1) is 6.04 Å². The zero-order chi connectivity index (χ0) is 21.6. The smallest absolute Gasteiger partial charge is 0.298 e. The van der Waals surface area contributed by atoms with Crippen LogP contribution in [0.1, 0.15) is 56.9 Å². The summed E-state index contributed by atoms with van der Waals surface area (Å²) >= 11 is 5.81. The fourth-order valence-corrected chi connectivity index (χ4v) is 4.40. The zero-order valence-corrected chi connectivity index (χ0v) is 17.6. The number of amides is 1. The van der Waals surface area contributed by atoms with E-state index in [0.717, 1.165) is 31.7 Å². The molecule has 0 radical (unpaired) electrons. The van der Waals surface area contributed by atoms with Crippen LogP contribution in [0.2, 0.25) is 5.02 Å². The summed E-state index contributed by atoms with van der Waals surface area (Å²) in [4.78, 5) is 23.7. The number of nitrogens with one attached hydrogen (secondary N) is 1. The summed E-state index contributed by atoms with van der Waals surface area (Å²) in [5, 5.41) is 12.9. The van der Waals surface area contributed by atoms with Gasteiger partial charge < -0.3 is 16.2 Å². The van der Waals surface area contributed by atoms with E-state index < -0.39 is 26.8 Å². The van der Waals surface area contributed by atoms with E-state index in [9.17, 15) is 23.1 Å². The van der Waals surface area contributed by atoms with Crippen molar-refractivity contribution in [2.24, 2.45) is 5.73 Å². The molecule has 0 spiro atoms. The molecule has 10 heteroatoms. The summed E-state index contributed by atoms with van der Waals surface area (Å²) in [6.07, 6.45) is 6.16. The van der Waals surface area contributed by atoms with E-state index in [1.807, 2.05) is 0 Å². The molecule has 0 unspecified atom stereocenters. The Hall–Kier alpha value is -1.68. The number of carbonyl (C=O) groups is 2. The highest BCUT2D eigenvalue weighted by Gasteiger charge is 2.23. The Balaban J connectivity index is 1.91. The van der Waals surface area contributed by atoms with Crippen molar-refractivity contribution >= 4 is 33.4 Å². The van der Waals surface area contributed by atoms with E-state index in [-0.39, 0.29) is 47.6 Å². The van der Waals surface area contributed by atoms with Crippen molar-refractivity contribution in [2.75, 3.05) is 0 Å². The highest BCUT2D eigenvalue weighted by molar-refractivity contribution is 7.86. The maximum atomic E-state index is 12.2. The summed E-state index contributed by atoms with van der Waals surface area (Å²) in [7, 11) is -4.69. The predicted molar refractivity (Wildman–Crippen MR) is 108 cm³/mol. The molecule has 1 saturated carbocycles. The standard InChI is InChI=1S/C19H27ClN2O6S/c20-13-9-12(18(24)17(11-13)29(26,27)28)10-15(23)7-8-16(21)19(25)22-14-5-3-1-2-4-6-14/h9,11,14,16,24H,1-8,10,21H2,(H,22,25)(H,26,27,28)/t16-/m0/s1. The molecule has 5 N–H and O–H groups in total. The SMILES string of the molecule is N[C@@H](CCC(=O)Cc1cc(Cl)cc(S(=O)(=O)O)c1O)C(=O)NC1CCCCCC1. The molecule has 1 aromatic carbocycles. The monoisotopic (exact) mass is 446 g/mol. The average Bonchev–Trinajstić information content (AvgIpc) is 2.90. The maximum Gasteiger partial charge on any atom is 0.298 e. The van der Waals surface area contributed by atoms with Crippen molar-refractivity contribution in [1.29, 1.82) is 0 Å². The lowest BCUT2D eigenvalue weighted by Crippen LogP contribution is -2.45. The van der Waals surface area contributed by atoms with Crippen LogP contribution >= 0.6 is 11.6 Å². The number of aromatic hydroxyl groups is 1. The van der Waals surface area contributed by atoms with Gasteiger partial charge in [-0.05, 0) is 31.4 Å². The first-order valence-corrected chi connectivity index (χ1v) is 11.5. The number of Topliss-reactive ketones (excluding diaryl/α,β-unsaturated/α-hetero) is 1. The van der Waals surface area contributed by atoms with Gasteiger partial charge in [-0.3, -0.25) is 14.1 Å². The number of phenols is 1. The van der Waals surface area contributed by atoms with Gasteiger partial charge in [0.2, 0.25) is 5.91 Å². The van der Waals surface area contributed by atoms with Crippen LogP contribution < -0.4 is 11.1 Å². The second-order valence-corrected chi connectivity index (χ2v) is 9.27. The molecule has 162 valence electrons. The molecular weight excluding hydrogens is 420 g/mol. The van der Waals surface area contributed by atoms with E-state index in [4.69, 9.17) is 21.9 Å². The van der Waals surface area contributed by atoms with Crippen molar-refractivity contribution in [2.45, 2.75) is 74.8 Å². The maximum absolute atomic E-state index is 12.2. The van der Waals surface area contributed by atoms with Gasteiger partial charge in [0, 0.05) is 29.5 Å². The Morgan fingerprint density at radius 3 is 2.41 bits per heavy atom.